The van der Waals surface area contributed by atoms with Gasteiger partial charge in [-0.05, 0) is 6.07 Å². The Morgan fingerprint density at radius 1 is 1.33 bits per heavy atom. The molecule has 82 valence electrons. The summed E-state index contributed by atoms with van der Waals surface area (Å²) >= 11 is 3.34. The van der Waals surface area contributed by atoms with E-state index in [2.05, 4.69) is 20.8 Å². The van der Waals surface area contributed by atoms with Gasteiger partial charge >= 0.3 is 0 Å². The van der Waals surface area contributed by atoms with Crippen molar-refractivity contribution in [1.29, 1.82) is 0 Å². The summed E-state index contributed by atoms with van der Waals surface area (Å²) in [6, 6.07) is 3.54. The molecule has 5 heteroatoms. The summed E-state index contributed by atoms with van der Waals surface area (Å²) < 4.78 is 7.77. The van der Waals surface area contributed by atoms with Crippen molar-refractivity contribution >= 4 is 21.7 Å². The average molecular weight is 273 g/mol. The van der Waals surface area contributed by atoms with E-state index in [1.54, 1.807) is 17.7 Å². The third-order valence-corrected chi connectivity index (χ3v) is 3.00. The molecule has 1 saturated heterocycles. The van der Waals surface area contributed by atoms with E-state index in [1.165, 1.54) is 0 Å². The number of rotatable bonds is 1. The number of pyridine rings is 1. The topological polar surface area (TPSA) is 34.5 Å². The second-order valence-corrected chi connectivity index (χ2v) is 4.44. The van der Waals surface area contributed by atoms with E-state index in [-0.39, 0.29) is 5.56 Å². The Kier molecular flexibility index (Phi) is 3.11. The van der Waals surface area contributed by atoms with Gasteiger partial charge in [0.15, 0.2) is 0 Å². The van der Waals surface area contributed by atoms with Gasteiger partial charge in [0.25, 0.3) is 5.56 Å². The Morgan fingerprint density at radius 3 is 2.67 bits per heavy atom. The van der Waals surface area contributed by atoms with Gasteiger partial charge in [0.2, 0.25) is 0 Å². The maximum absolute atomic E-state index is 11.6. The first-order valence-electron chi connectivity index (χ1n) is 4.88. The molecule has 0 bridgehead atoms. The van der Waals surface area contributed by atoms with Gasteiger partial charge in [-0.2, -0.15) is 0 Å². The molecule has 0 N–H and O–H groups in total. The van der Waals surface area contributed by atoms with Gasteiger partial charge in [0.1, 0.15) is 5.82 Å². The molecule has 0 atom stereocenters. The number of halogens is 1. The Morgan fingerprint density at radius 2 is 2.00 bits per heavy atom. The van der Waals surface area contributed by atoms with Crippen molar-refractivity contribution in [2.45, 2.75) is 0 Å². The molecular weight excluding hydrogens is 260 g/mol. The number of anilines is 1. The zero-order valence-electron chi connectivity index (χ0n) is 8.57. The number of nitrogens with zero attached hydrogens (tertiary/aromatic N) is 2. The lowest BCUT2D eigenvalue weighted by atomic mass is 10.3. The number of ether oxygens (including phenoxy) is 1. The first-order chi connectivity index (χ1) is 7.18. The molecule has 4 nitrogen and oxygen atoms in total. The van der Waals surface area contributed by atoms with Gasteiger partial charge in [-0.1, -0.05) is 15.9 Å². The van der Waals surface area contributed by atoms with E-state index >= 15 is 0 Å². The van der Waals surface area contributed by atoms with Crippen LogP contribution in [0.25, 0.3) is 0 Å². The SMILES string of the molecule is Cn1c(N2CCOCC2)cc(Br)cc1=O. The number of morpholine rings is 1. The zero-order valence-corrected chi connectivity index (χ0v) is 10.2. The molecular formula is C10H13BrN2O2. The molecule has 0 spiro atoms. The second kappa shape index (κ2) is 4.37. The summed E-state index contributed by atoms with van der Waals surface area (Å²) in [4.78, 5) is 13.7. The molecule has 0 aromatic carbocycles. The third-order valence-electron chi connectivity index (χ3n) is 2.54. The van der Waals surface area contributed by atoms with Gasteiger partial charge < -0.3 is 9.64 Å². The number of hydrogen-bond donors (Lipinski definition) is 0. The van der Waals surface area contributed by atoms with Crippen LogP contribution in [0.4, 0.5) is 5.82 Å². The fourth-order valence-electron chi connectivity index (χ4n) is 1.69. The Labute approximate surface area is 96.6 Å². The summed E-state index contributed by atoms with van der Waals surface area (Å²) in [5, 5.41) is 0. The first-order valence-corrected chi connectivity index (χ1v) is 5.67. The molecule has 0 unspecified atom stereocenters. The van der Waals surface area contributed by atoms with Crippen LogP contribution >= 0.6 is 15.9 Å². The number of aromatic nitrogens is 1. The van der Waals surface area contributed by atoms with E-state index in [4.69, 9.17) is 4.74 Å². The summed E-state index contributed by atoms with van der Waals surface area (Å²) in [5.41, 5.74) is 0.00543. The Bertz CT molecular complexity index is 410. The molecule has 2 heterocycles. The van der Waals surface area contributed by atoms with Gasteiger partial charge in [-0.15, -0.1) is 0 Å². The van der Waals surface area contributed by atoms with Crippen molar-refractivity contribution in [3.05, 3.63) is 27.0 Å². The van der Waals surface area contributed by atoms with E-state index in [0.717, 1.165) is 36.6 Å². The van der Waals surface area contributed by atoms with Crippen molar-refractivity contribution in [2.75, 3.05) is 31.2 Å². The second-order valence-electron chi connectivity index (χ2n) is 3.53. The Hall–Kier alpha value is -0.810. The van der Waals surface area contributed by atoms with Gasteiger partial charge in [-0.3, -0.25) is 9.36 Å². The third kappa shape index (κ3) is 2.23. The normalized spacial score (nSPS) is 16.8. The standard InChI is InChI=1S/C10H13BrN2O2/c1-12-9(6-8(11)7-10(12)14)13-2-4-15-5-3-13/h6-7H,2-5H2,1H3. The van der Waals surface area contributed by atoms with Crippen LogP contribution in [0.5, 0.6) is 0 Å². The summed E-state index contributed by atoms with van der Waals surface area (Å²) in [6.45, 7) is 3.12. The molecule has 1 aliphatic rings. The average Bonchev–Trinajstić information content (AvgIpc) is 2.24. The minimum Gasteiger partial charge on any atom is -0.378 e. The van der Waals surface area contributed by atoms with Crippen LogP contribution in [0, 0.1) is 0 Å². The van der Waals surface area contributed by atoms with Crippen molar-refractivity contribution in [1.82, 2.24) is 4.57 Å². The number of hydrogen-bond acceptors (Lipinski definition) is 3. The smallest absolute Gasteiger partial charge is 0.252 e. The summed E-state index contributed by atoms with van der Waals surface area (Å²) in [5.74, 6) is 0.942. The first kappa shape index (κ1) is 10.7. The van der Waals surface area contributed by atoms with E-state index < -0.39 is 0 Å². The molecule has 0 aliphatic carbocycles. The molecule has 15 heavy (non-hydrogen) atoms. The highest BCUT2D eigenvalue weighted by Gasteiger charge is 2.14. The van der Waals surface area contributed by atoms with E-state index in [9.17, 15) is 4.79 Å². The fraction of sp³-hybridized carbons (Fsp3) is 0.500. The lowest BCUT2D eigenvalue weighted by Gasteiger charge is -2.30. The molecule has 1 aromatic rings. The summed E-state index contributed by atoms with van der Waals surface area (Å²) in [6.07, 6.45) is 0. The minimum atomic E-state index is 0.00543. The van der Waals surface area contributed by atoms with Crippen LogP contribution in [-0.2, 0) is 11.8 Å². The van der Waals surface area contributed by atoms with Crippen LogP contribution in [0.3, 0.4) is 0 Å². The molecule has 2 rings (SSSR count). The molecule has 1 aromatic heterocycles. The monoisotopic (exact) mass is 272 g/mol. The molecule has 0 radical (unpaired) electrons. The van der Waals surface area contributed by atoms with Gasteiger partial charge in [0.05, 0.1) is 13.2 Å². The minimum absolute atomic E-state index is 0.00543. The van der Waals surface area contributed by atoms with Crippen molar-refractivity contribution in [3.8, 4) is 0 Å². The lowest BCUT2D eigenvalue weighted by Crippen LogP contribution is -2.39. The van der Waals surface area contributed by atoms with E-state index in [1.807, 2.05) is 6.07 Å². The Balaban J connectivity index is 2.37. The molecule has 0 amide bonds. The predicted octanol–water partition coefficient (Wildman–Crippen LogP) is 0.984. The molecule has 1 aliphatic heterocycles. The predicted molar refractivity (Wildman–Crippen MR) is 62.4 cm³/mol. The lowest BCUT2D eigenvalue weighted by molar-refractivity contribution is 0.122. The van der Waals surface area contributed by atoms with Crippen molar-refractivity contribution in [3.63, 3.8) is 0 Å². The maximum Gasteiger partial charge on any atom is 0.252 e. The van der Waals surface area contributed by atoms with Crippen LogP contribution in [0.15, 0.2) is 21.4 Å². The largest absolute Gasteiger partial charge is 0.378 e. The highest BCUT2D eigenvalue weighted by molar-refractivity contribution is 9.10. The van der Waals surface area contributed by atoms with Crippen molar-refractivity contribution in [2.24, 2.45) is 7.05 Å². The van der Waals surface area contributed by atoms with Crippen LogP contribution in [0.1, 0.15) is 0 Å². The van der Waals surface area contributed by atoms with Gasteiger partial charge in [-0.25, -0.2) is 0 Å². The molecule has 0 saturated carbocycles. The maximum atomic E-state index is 11.6. The van der Waals surface area contributed by atoms with Crippen LogP contribution < -0.4 is 10.5 Å². The van der Waals surface area contributed by atoms with Gasteiger partial charge in [0, 0.05) is 30.7 Å². The van der Waals surface area contributed by atoms with E-state index in [0.29, 0.717) is 0 Å². The van der Waals surface area contributed by atoms with Crippen LogP contribution in [0.2, 0.25) is 0 Å². The fourth-order valence-corrected chi connectivity index (χ4v) is 2.09. The van der Waals surface area contributed by atoms with Crippen molar-refractivity contribution < 1.29 is 4.74 Å². The highest BCUT2D eigenvalue weighted by atomic mass is 79.9. The van der Waals surface area contributed by atoms with Crippen LogP contribution in [-0.4, -0.2) is 30.9 Å². The molecule has 1 fully saturated rings. The zero-order chi connectivity index (χ0) is 10.8. The summed E-state index contributed by atoms with van der Waals surface area (Å²) in [7, 11) is 1.79. The highest BCUT2D eigenvalue weighted by Crippen LogP contribution is 2.17. The quantitative estimate of drug-likeness (QED) is 0.765.